The van der Waals surface area contributed by atoms with Crippen molar-refractivity contribution in [3.63, 3.8) is 0 Å². The molecule has 3 rings (SSSR count). The highest BCUT2D eigenvalue weighted by atomic mass is 14.4. The fourth-order valence-electron chi connectivity index (χ4n) is 4.05. The lowest BCUT2D eigenvalue weighted by Crippen LogP contribution is -2.36. The van der Waals surface area contributed by atoms with Crippen LogP contribution in [0.4, 0.5) is 0 Å². The second-order valence-corrected chi connectivity index (χ2v) is 8.01. The molecule has 0 heteroatoms. The minimum atomic E-state index is 0.804. The fourth-order valence-corrected chi connectivity index (χ4v) is 4.05. The van der Waals surface area contributed by atoms with E-state index in [2.05, 4.69) is 52.0 Å². The smallest absolute Gasteiger partial charge is 0.0202 e. The van der Waals surface area contributed by atoms with Gasteiger partial charge in [-0.05, 0) is 74.0 Å². The highest BCUT2D eigenvalue weighted by Crippen LogP contribution is 2.49. The first-order valence-corrected chi connectivity index (χ1v) is 8.89. The van der Waals surface area contributed by atoms with E-state index in [9.17, 15) is 0 Å². The van der Waals surface area contributed by atoms with Gasteiger partial charge < -0.3 is 0 Å². The number of hydrogen-bond acceptors (Lipinski definition) is 0. The van der Waals surface area contributed by atoms with E-state index in [1.54, 1.807) is 0 Å². The van der Waals surface area contributed by atoms with E-state index >= 15 is 0 Å². The lowest BCUT2D eigenvalue weighted by Gasteiger charge is -2.45. The topological polar surface area (TPSA) is 0 Å². The van der Waals surface area contributed by atoms with Gasteiger partial charge in [0.1, 0.15) is 0 Å². The summed E-state index contributed by atoms with van der Waals surface area (Å²) in [6.07, 6.45) is 18.4. The van der Waals surface area contributed by atoms with E-state index in [0.717, 1.165) is 35.5 Å². The van der Waals surface area contributed by atoms with Gasteiger partial charge in [-0.3, -0.25) is 0 Å². The zero-order valence-electron chi connectivity index (χ0n) is 14.0. The van der Waals surface area contributed by atoms with Gasteiger partial charge in [-0.2, -0.15) is 0 Å². The van der Waals surface area contributed by atoms with Gasteiger partial charge in [0.25, 0.3) is 0 Å². The average Bonchev–Trinajstić information content (AvgIpc) is 2.39. The Morgan fingerprint density at radius 3 is 1.45 bits per heavy atom. The third kappa shape index (κ3) is 4.50. The van der Waals surface area contributed by atoms with Crippen molar-refractivity contribution >= 4 is 0 Å². The van der Waals surface area contributed by atoms with Gasteiger partial charge in [-0.25, -0.2) is 0 Å². The van der Waals surface area contributed by atoms with Crippen LogP contribution in [0.1, 0.15) is 66.2 Å². The third-order valence-corrected chi connectivity index (χ3v) is 5.25. The van der Waals surface area contributed by atoms with E-state index in [1.165, 1.54) is 38.5 Å². The van der Waals surface area contributed by atoms with Crippen LogP contribution in [0.2, 0.25) is 0 Å². The molecule has 114 valence electrons. The molecule has 0 N–H and O–H groups in total. The van der Waals surface area contributed by atoms with Crippen molar-refractivity contribution in [3.8, 4) is 0 Å². The summed E-state index contributed by atoms with van der Waals surface area (Å²) < 4.78 is 0. The molecule has 0 radical (unpaired) electrons. The van der Waals surface area contributed by atoms with Crippen LogP contribution in [0.15, 0.2) is 24.3 Å². The summed E-state index contributed by atoms with van der Waals surface area (Å²) >= 11 is 0. The highest BCUT2D eigenvalue weighted by Gasteiger charge is 2.39. The Balaban J connectivity index is 1.84. The first kappa shape index (κ1) is 15.9. The van der Waals surface area contributed by atoms with Gasteiger partial charge >= 0.3 is 0 Å². The van der Waals surface area contributed by atoms with Gasteiger partial charge in [0.15, 0.2) is 0 Å². The Morgan fingerprint density at radius 2 is 1.15 bits per heavy atom. The highest BCUT2D eigenvalue weighted by molar-refractivity contribution is 5.05. The molecule has 0 heterocycles. The SMILES string of the molecule is CC(C)C/C=C/C1CC2CCC1CC2/C=C/CC(C)C. The Labute approximate surface area is 126 Å². The van der Waals surface area contributed by atoms with Gasteiger partial charge in [-0.15, -0.1) is 0 Å². The summed E-state index contributed by atoms with van der Waals surface area (Å²) in [5.74, 6) is 5.33. The summed E-state index contributed by atoms with van der Waals surface area (Å²) in [6.45, 7) is 9.25. The van der Waals surface area contributed by atoms with E-state index < -0.39 is 0 Å². The zero-order chi connectivity index (χ0) is 14.5. The summed E-state index contributed by atoms with van der Waals surface area (Å²) in [6, 6.07) is 0. The summed E-state index contributed by atoms with van der Waals surface area (Å²) in [5.41, 5.74) is 0. The Kier molecular flexibility index (Phi) is 5.93. The van der Waals surface area contributed by atoms with Crippen molar-refractivity contribution in [1.82, 2.24) is 0 Å². The second kappa shape index (κ2) is 7.48. The molecule has 3 fully saturated rings. The van der Waals surface area contributed by atoms with Crippen LogP contribution >= 0.6 is 0 Å². The average molecular weight is 274 g/mol. The van der Waals surface area contributed by atoms with Crippen LogP contribution in [-0.2, 0) is 0 Å². The van der Waals surface area contributed by atoms with E-state index in [-0.39, 0.29) is 0 Å². The molecule has 0 amide bonds. The van der Waals surface area contributed by atoms with Crippen molar-refractivity contribution in [2.24, 2.45) is 35.5 Å². The summed E-state index contributed by atoms with van der Waals surface area (Å²) in [4.78, 5) is 0. The Hall–Kier alpha value is -0.520. The second-order valence-electron chi connectivity index (χ2n) is 8.01. The van der Waals surface area contributed by atoms with Crippen molar-refractivity contribution in [1.29, 1.82) is 0 Å². The first-order chi connectivity index (χ1) is 9.56. The maximum atomic E-state index is 2.56. The molecule has 4 atom stereocenters. The quantitative estimate of drug-likeness (QED) is 0.503. The predicted octanol–water partition coefficient (Wildman–Crippen LogP) is 6.24. The molecule has 3 aliphatic rings. The standard InChI is InChI=1S/C20H34/c1-15(2)7-5-9-17-13-20-12-11-19(17)14-18(20)10-6-8-16(3)4/h5-6,9-10,15-20H,7-8,11-14H2,1-4H3/b9-5+,10-6+. The molecule has 0 aromatic rings. The molecule has 3 aliphatic carbocycles. The third-order valence-electron chi connectivity index (χ3n) is 5.25. The van der Waals surface area contributed by atoms with Gasteiger partial charge in [0, 0.05) is 0 Å². The largest absolute Gasteiger partial charge is 0.0880 e. The monoisotopic (exact) mass is 274 g/mol. The summed E-state index contributed by atoms with van der Waals surface area (Å²) in [5, 5.41) is 0. The molecule has 0 aromatic heterocycles. The Morgan fingerprint density at radius 1 is 0.750 bits per heavy atom. The maximum absolute atomic E-state index is 2.56. The molecular formula is C20H34. The van der Waals surface area contributed by atoms with Gasteiger partial charge in [0.2, 0.25) is 0 Å². The first-order valence-electron chi connectivity index (χ1n) is 8.89. The number of hydrogen-bond donors (Lipinski definition) is 0. The molecular weight excluding hydrogens is 240 g/mol. The number of allylic oxidation sites excluding steroid dienone is 4. The van der Waals surface area contributed by atoms with Crippen LogP contribution in [0.25, 0.3) is 0 Å². The lowest BCUT2D eigenvalue weighted by atomic mass is 9.59. The Bertz CT molecular complexity index is 300. The molecule has 0 nitrogen and oxygen atoms in total. The van der Waals surface area contributed by atoms with E-state index in [4.69, 9.17) is 0 Å². The molecule has 0 aromatic carbocycles. The number of rotatable bonds is 6. The van der Waals surface area contributed by atoms with Crippen LogP contribution in [-0.4, -0.2) is 0 Å². The molecule has 4 unspecified atom stereocenters. The lowest BCUT2D eigenvalue weighted by molar-refractivity contribution is 0.0868. The van der Waals surface area contributed by atoms with E-state index in [1.807, 2.05) is 0 Å². The summed E-state index contributed by atoms with van der Waals surface area (Å²) in [7, 11) is 0. The minimum absolute atomic E-state index is 0.804. The zero-order valence-corrected chi connectivity index (χ0v) is 14.0. The van der Waals surface area contributed by atoms with Crippen LogP contribution in [0.3, 0.4) is 0 Å². The molecule has 0 saturated heterocycles. The van der Waals surface area contributed by atoms with Crippen LogP contribution < -0.4 is 0 Å². The van der Waals surface area contributed by atoms with Crippen LogP contribution in [0, 0.1) is 35.5 Å². The van der Waals surface area contributed by atoms with Crippen molar-refractivity contribution in [2.75, 3.05) is 0 Å². The van der Waals surface area contributed by atoms with Gasteiger partial charge in [0.05, 0.1) is 0 Å². The normalized spacial score (nSPS) is 34.1. The molecule has 2 bridgehead atoms. The molecule has 0 aliphatic heterocycles. The molecule has 3 saturated carbocycles. The van der Waals surface area contributed by atoms with Crippen molar-refractivity contribution < 1.29 is 0 Å². The molecule has 20 heavy (non-hydrogen) atoms. The van der Waals surface area contributed by atoms with E-state index in [0.29, 0.717) is 0 Å². The van der Waals surface area contributed by atoms with Gasteiger partial charge in [-0.1, -0.05) is 52.0 Å². The number of fused-ring (bicyclic) bond motifs is 3. The molecule has 0 spiro atoms. The van der Waals surface area contributed by atoms with Crippen LogP contribution in [0.5, 0.6) is 0 Å². The maximum Gasteiger partial charge on any atom is -0.0202 e. The van der Waals surface area contributed by atoms with Crippen molar-refractivity contribution in [3.05, 3.63) is 24.3 Å². The minimum Gasteiger partial charge on any atom is -0.0880 e. The fraction of sp³-hybridized carbons (Fsp3) is 0.800. The van der Waals surface area contributed by atoms with Crippen molar-refractivity contribution in [2.45, 2.75) is 66.2 Å². The predicted molar refractivity (Wildman–Crippen MR) is 89.6 cm³/mol.